The molecule has 0 saturated heterocycles. The number of hydrogen-bond acceptors (Lipinski definition) is 5. The Bertz CT molecular complexity index is 728. The number of ether oxygens (including phenoxy) is 1. The molecule has 4 rings (SSSR count). The minimum Gasteiger partial charge on any atom is -0.490 e. The Morgan fingerprint density at radius 1 is 1.17 bits per heavy atom. The lowest BCUT2D eigenvalue weighted by molar-refractivity contribution is 0.210. The first-order chi connectivity index (χ1) is 11.7. The minimum absolute atomic E-state index is 0.367. The molecule has 2 N–H and O–H groups in total. The van der Waals surface area contributed by atoms with Crippen molar-refractivity contribution in [1.29, 1.82) is 0 Å². The van der Waals surface area contributed by atoms with Crippen LogP contribution >= 0.6 is 0 Å². The molecule has 0 atom stereocenters. The molecule has 5 heteroatoms. The van der Waals surface area contributed by atoms with E-state index in [1.807, 2.05) is 36.4 Å². The fourth-order valence-electron chi connectivity index (χ4n) is 3.34. The van der Waals surface area contributed by atoms with Crippen LogP contribution in [0.25, 0.3) is 12.2 Å². The van der Waals surface area contributed by atoms with Crippen LogP contribution in [0.15, 0.2) is 28.8 Å². The average Bonchev–Trinajstić information content (AvgIpc) is 3.23. The van der Waals surface area contributed by atoms with Gasteiger partial charge in [0, 0.05) is 6.08 Å². The third-order valence-electron chi connectivity index (χ3n) is 5.01. The standard InChI is InChI=1S/C19H23N3O2/c20-19(11-4-12-19)18-21-17(24-22-18)10-9-14-5-3-8-16(13-14)23-15-6-1-2-7-15/h3,5,8-10,13,15H,1-2,4,6-7,11-12,20H2/b10-9+. The Balaban J connectivity index is 1.43. The monoisotopic (exact) mass is 325 g/mol. The van der Waals surface area contributed by atoms with Gasteiger partial charge >= 0.3 is 0 Å². The lowest BCUT2D eigenvalue weighted by Crippen LogP contribution is -2.44. The zero-order chi connectivity index (χ0) is 16.4. The molecule has 0 radical (unpaired) electrons. The molecular weight excluding hydrogens is 302 g/mol. The summed E-state index contributed by atoms with van der Waals surface area (Å²) in [6, 6.07) is 8.09. The number of hydrogen-bond donors (Lipinski definition) is 1. The summed E-state index contributed by atoms with van der Waals surface area (Å²) < 4.78 is 11.3. The summed E-state index contributed by atoms with van der Waals surface area (Å²) in [5.41, 5.74) is 6.88. The van der Waals surface area contributed by atoms with Crippen molar-refractivity contribution in [2.75, 3.05) is 0 Å². The van der Waals surface area contributed by atoms with Gasteiger partial charge in [0.2, 0.25) is 0 Å². The van der Waals surface area contributed by atoms with Crippen LogP contribution in [-0.2, 0) is 5.54 Å². The van der Waals surface area contributed by atoms with E-state index >= 15 is 0 Å². The molecule has 0 unspecified atom stereocenters. The number of aromatic nitrogens is 2. The molecule has 0 bridgehead atoms. The summed E-state index contributed by atoms with van der Waals surface area (Å²) in [5.74, 6) is 2.03. The molecule has 2 saturated carbocycles. The van der Waals surface area contributed by atoms with Gasteiger partial charge in [-0.2, -0.15) is 4.98 Å². The Hall–Kier alpha value is -2.14. The van der Waals surface area contributed by atoms with E-state index in [0.29, 0.717) is 17.8 Å². The van der Waals surface area contributed by atoms with E-state index in [1.54, 1.807) is 0 Å². The van der Waals surface area contributed by atoms with E-state index in [-0.39, 0.29) is 5.54 Å². The van der Waals surface area contributed by atoms with Gasteiger partial charge in [0.05, 0.1) is 11.6 Å². The van der Waals surface area contributed by atoms with E-state index in [1.165, 1.54) is 12.8 Å². The third kappa shape index (κ3) is 3.22. The molecule has 5 nitrogen and oxygen atoms in total. The summed E-state index contributed by atoms with van der Waals surface area (Å²) in [5, 5.41) is 4.02. The molecule has 1 aromatic carbocycles. The highest BCUT2D eigenvalue weighted by Gasteiger charge is 2.38. The van der Waals surface area contributed by atoms with Gasteiger partial charge in [-0.15, -0.1) is 0 Å². The summed E-state index contributed by atoms with van der Waals surface area (Å²) in [7, 11) is 0. The molecule has 2 aliphatic rings. The molecule has 2 aromatic rings. The lowest BCUT2D eigenvalue weighted by Gasteiger charge is -2.34. The van der Waals surface area contributed by atoms with Crippen molar-refractivity contribution in [2.24, 2.45) is 5.73 Å². The Labute approximate surface area is 141 Å². The molecule has 24 heavy (non-hydrogen) atoms. The number of benzene rings is 1. The van der Waals surface area contributed by atoms with Crippen molar-refractivity contribution in [3.8, 4) is 5.75 Å². The number of nitrogens with zero attached hydrogens (tertiary/aromatic N) is 2. The molecular formula is C19H23N3O2. The summed E-state index contributed by atoms with van der Waals surface area (Å²) in [4.78, 5) is 4.40. The predicted molar refractivity (Wildman–Crippen MR) is 92.3 cm³/mol. The highest BCUT2D eigenvalue weighted by molar-refractivity contribution is 5.66. The van der Waals surface area contributed by atoms with Crippen LogP contribution in [0.3, 0.4) is 0 Å². The van der Waals surface area contributed by atoms with Crippen LogP contribution in [0.4, 0.5) is 0 Å². The summed E-state index contributed by atoms with van der Waals surface area (Å²) in [6.07, 6.45) is 12.0. The predicted octanol–water partition coefficient (Wildman–Crippen LogP) is 3.90. The van der Waals surface area contributed by atoms with E-state index in [2.05, 4.69) is 10.1 Å². The highest BCUT2D eigenvalue weighted by Crippen LogP contribution is 2.37. The van der Waals surface area contributed by atoms with Crippen molar-refractivity contribution in [2.45, 2.75) is 56.6 Å². The zero-order valence-corrected chi connectivity index (χ0v) is 13.8. The average molecular weight is 325 g/mol. The molecule has 126 valence electrons. The maximum atomic E-state index is 6.22. The molecule has 1 heterocycles. The second-order valence-corrected chi connectivity index (χ2v) is 6.90. The van der Waals surface area contributed by atoms with E-state index in [4.69, 9.17) is 15.0 Å². The van der Waals surface area contributed by atoms with Gasteiger partial charge in [-0.1, -0.05) is 17.3 Å². The van der Waals surface area contributed by atoms with Crippen molar-refractivity contribution in [3.63, 3.8) is 0 Å². The van der Waals surface area contributed by atoms with Gasteiger partial charge in [-0.3, -0.25) is 0 Å². The molecule has 2 fully saturated rings. The molecule has 1 aromatic heterocycles. The van der Waals surface area contributed by atoms with Gasteiger partial charge < -0.3 is 15.0 Å². The van der Waals surface area contributed by atoms with E-state index in [0.717, 1.165) is 43.4 Å². The van der Waals surface area contributed by atoms with E-state index < -0.39 is 0 Å². The number of rotatable bonds is 5. The minimum atomic E-state index is -0.384. The Morgan fingerprint density at radius 3 is 2.75 bits per heavy atom. The quantitative estimate of drug-likeness (QED) is 0.902. The number of nitrogens with two attached hydrogens (primary N) is 1. The van der Waals surface area contributed by atoms with Gasteiger partial charge in [-0.05, 0) is 68.7 Å². The maximum absolute atomic E-state index is 6.22. The maximum Gasteiger partial charge on any atom is 0.250 e. The SMILES string of the molecule is NC1(c2noc(/C=C/c3cccc(OC4CCCC4)c3)n2)CCC1. The van der Waals surface area contributed by atoms with E-state index in [9.17, 15) is 0 Å². The normalized spacial score (nSPS) is 20.4. The van der Waals surface area contributed by atoms with Gasteiger partial charge in [0.15, 0.2) is 5.82 Å². The lowest BCUT2D eigenvalue weighted by atomic mass is 9.77. The van der Waals surface area contributed by atoms with Crippen LogP contribution in [0.2, 0.25) is 0 Å². The smallest absolute Gasteiger partial charge is 0.250 e. The van der Waals surface area contributed by atoms with Crippen LogP contribution in [-0.4, -0.2) is 16.2 Å². The van der Waals surface area contributed by atoms with Crippen LogP contribution < -0.4 is 10.5 Å². The first kappa shape index (κ1) is 15.4. The molecule has 0 spiro atoms. The third-order valence-corrected chi connectivity index (χ3v) is 5.01. The topological polar surface area (TPSA) is 74.2 Å². The first-order valence-corrected chi connectivity index (χ1v) is 8.79. The fourth-order valence-corrected chi connectivity index (χ4v) is 3.34. The van der Waals surface area contributed by atoms with Crippen LogP contribution in [0, 0.1) is 0 Å². The fraction of sp³-hybridized carbons (Fsp3) is 0.474. The van der Waals surface area contributed by atoms with Gasteiger partial charge in [0.1, 0.15) is 5.75 Å². The van der Waals surface area contributed by atoms with Crippen molar-refractivity contribution in [1.82, 2.24) is 10.1 Å². The molecule has 2 aliphatic carbocycles. The second-order valence-electron chi connectivity index (χ2n) is 6.90. The first-order valence-electron chi connectivity index (χ1n) is 8.79. The van der Waals surface area contributed by atoms with Crippen molar-refractivity contribution in [3.05, 3.63) is 41.5 Å². The van der Waals surface area contributed by atoms with Crippen LogP contribution in [0.1, 0.15) is 62.2 Å². The highest BCUT2D eigenvalue weighted by atomic mass is 16.5. The Kier molecular flexibility index (Phi) is 4.10. The second kappa shape index (κ2) is 6.40. The molecule has 0 aliphatic heterocycles. The largest absolute Gasteiger partial charge is 0.490 e. The molecule has 0 amide bonds. The summed E-state index contributed by atoms with van der Waals surface area (Å²) in [6.45, 7) is 0. The van der Waals surface area contributed by atoms with Crippen molar-refractivity contribution < 1.29 is 9.26 Å². The van der Waals surface area contributed by atoms with Gasteiger partial charge in [0.25, 0.3) is 5.89 Å². The van der Waals surface area contributed by atoms with Crippen LogP contribution in [0.5, 0.6) is 5.75 Å². The summed E-state index contributed by atoms with van der Waals surface area (Å²) >= 11 is 0. The van der Waals surface area contributed by atoms with Gasteiger partial charge in [-0.25, -0.2) is 0 Å². The zero-order valence-electron chi connectivity index (χ0n) is 13.8. The van der Waals surface area contributed by atoms with Crippen molar-refractivity contribution >= 4 is 12.2 Å². The Morgan fingerprint density at radius 2 is 2.00 bits per heavy atom.